The van der Waals surface area contributed by atoms with E-state index in [2.05, 4.69) is 82.8 Å². The molecule has 0 atom stereocenters. The summed E-state index contributed by atoms with van der Waals surface area (Å²) in [4.78, 5) is 31.1. The number of thiophene rings is 1. The quantitative estimate of drug-likeness (QED) is 0.270. The highest BCUT2D eigenvalue weighted by Gasteiger charge is 2.24. The maximum Gasteiger partial charge on any atom is 0.268 e. The van der Waals surface area contributed by atoms with E-state index in [1.54, 1.807) is 11.3 Å². The van der Waals surface area contributed by atoms with Crippen molar-refractivity contribution in [2.45, 2.75) is 32.2 Å². The number of aromatic nitrogens is 1. The number of likely N-dealkylation sites (tertiary alicyclic amines) is 1. The molecule has 1 saturated heterocycles. The molecule has 2 amide bonds. The number of fused-ring (bicyclic) bond motifs is 1. The summed E-state index contributed by atoms with van der Waals surface area (Å²) in [5.41, 5.74) is 5.34. The third-order valence-electron chi connectivity index (χ3n) is 7.29. The number of nitrogens with zero attached hydrogens (tertiary/aromatic N) is 3. The Morgan fingerprint density at radius 1 is 1.03 bits per heavy atom. The Kier molecular flexibility index (Phi) is 8.25. The van der Waals surface area contributed by atoms with Crippen LogP contribution in [-0.2, 0) is 17.8 Å². The number of carbonyl (C=O) groups excluding carboxylic acids is 2. The molecule has 0 unspecified atom stereocenters. The lowest BCUT2D eigenvalue weighted by Gasteiger charge is -2.17. The molecule has 38 heavy (non-hydrogen) atoms. The van der Waals surface area contributed by atoms with E-state index in [0.29, 0.717) is 25.9 Å². The number of carbonyl (C=O) groups is 2. The molecule has 0 aliphatic carbocycles. The van der Waals surface area contributed by atoms with E-state index in [1.807, 2.05) is 17.0 Å². The molecule has 4 aromatic rings. The largest absolute Gasteiger partial charge is 0.351 e. The average Bonchev–Trinajstić information content (AvgIpc) is 3.64. The van der Waals surface area contributed by atoms with Gasteiger partial charge in [-0.15, -0.1) is 11.3 Å². The lowest BCUT2D eigenvalue weighted by atomic mass is 10.0. The summed E-state index contributed by atoms with van der Waals surface area (Å²) in [7, 11) is 4.12. The molecule has 1 fully saturated rings. The summed E-state index contributed by atoms with van der Waals surface area (Å²) in [5, 5.41) is 6.46. The second kappa shape index (κ2) is 12.0. The molecule has 5 rings (SSSR count). The van der Waals surface area contributed by atoms with Crippen molar-refractivity contribution in [3.05, 3.63) is 82.2 Å². The predicted octanol–water partition coefficient (Wildman–Crippen LogP) is 5.26. The molecular weight excluding hydrogens is 492 g/mol. The first-order chi connectivity index (χ1) is 18.5. The number of hydrogen-bond acceptors (Lipinski definition) is 4. The Morgan fingerprint density at radius 3 is 2.58 bits per heavy atom. The summed E-state index contributed by atoms with van der Waals surface area (Å²) < 4.78 is 2.19. The first-order valence-corrected chi connectivity index (χ1v) is 14.3. The summed E-state index contributed by atoms with van der Waals surface area (Å²) in [5.74, 6) is 0.188. The summed E-state index contributed by atoms with van der Waals surface area (Å²) in [6.45, 7) is 3.65. The summed E-state index contributed by atoms with van der Waals surface area (Å²) in [6.07, 6.45) is 3.04. The Balaban J connectivity index is 1.46. The number of amides is 2. The Labute approximate surface area is 228 Å². The molecule has 1 N–H and O–H groups in total. The highest BCUT2D eigenvalue weighted by Crippen LogP contribution is 2.34. The first-order valence-electron chi connectivity index (χ1n) is 13.5. The average molecular weight is 529 g/mol. The second-order valence-corrected chi connectivity index (χ2v) is 11.2. The monoisotopic (exact) mass is 528 g/mol. The third kappa shape index (κ3) is 5.69. The predicted molar refractivity (Wildman–Crippen MR) is 156 cm³/mol. The number of likely N-dealkylation sites (N-methyl/N-ethyl adjacent to an activating group) is 1. The molecule has 2 aromatic carbocycles. The second-order valence-electron chi connectivity index (χ2n) is 10.2. The zero-order chi connectivity index (χ0) is 26.5. The van der Waals surface area contributed by atoms with Gasteiger partial charge in [-0.25, -0.2) is 0 Å². The Morgan fingerprint density at radius 2 is 1.82 bits per heavy atom. The van der Waals surface area contributed by atoms with Crippen LogP contribution in [0.5, 0.6) is 0 Å². The number of hydrogen-bond donors (Lipinski definition) is 1. The minimum atomic E-state index is -0.0412. The van der Waals surface area contributed by atoms with Crippen molar-refractivity contribution >= 4 is 34.1 Å². The normalized spacial score (nSPS) is 13.7. The van der Waals surface area contributed by atoms with E-state index in [9.17, 15) is 9.59 Å². The molecular formula is C31H36N4O2S. The van der Waals surface area contributed by atoms with Gasteiger partial charge in [0.15, 0.2) is 0 Å². The van der Waals surface area contributed by atoms with Crippen molar-refractivity contribution in [2.75, 3.05) is 40.3 Å². The molecule has 0 bridgehead atoms. The fourth-order valence-corrected chi connectivity index (χ4v) is 6.26. The van der Waals surface area contributed by atoms with Gasteiger partial charge in [0.1, 0.15) is 5.69 Å². The zero-order valence-corrected chi connectivity index (χ0v) is 23.1. The van der Waals surface area contributed by atoms with Crippen LogP contribution in [-0.4, -0.2) is 66.5 Å². The van der Waals surface area contributed by atoms with Gasteiger partial charge in [-0.2, -0.15) is 0 Å². The molecule has 1 aliphatic heterocycles. The van der Waals surface area contributed by atoms with Crippen LogP contribution in [0.3, 0.4) is 0 Å². The van der Waals surface area contributed by atoms with Crippen LogP contribution in [0.25, 0.3) is 22.0 Å². The highest BCUT2D eigenvalue weighted by molar-refractivity contribution is 7.10. The number of benzene rings is 2. The smallest absolute Gasteiger partial charge is 0.268 e. The Hall–Kier alpha value is -3.42. The van der Waals surface area contributed by atoms with Crippen molar-refractivity contribution < 1.29 is 9.59 Å². The van der Waals surface area contributed by atoms with Crippen molar-refractivity contribution in [2.24, 2.45) is 0 Å². The molecule has 3 heterocycles. The summed E-state index contributed by atoms with van der Waals surface area (Å²) >= 11 is 1.74. The lowest BCUT2D eigenvalue weighted by molar-refractivity contribution is -0.127. The highest BCUT2D eigenvalue weighted by atomic mass is 32.1. The molecule has 1 aliphatic rings. The van der Waals surface area contributed by atoms with Crippen LogP contribution in [0.2, 0.25) is 0 Å². The SMILES string of the molecule is CN(C)CCn1c(C(=O)NCCCN2CCCC2=O)c(Cc2sccc2-c2ccccc2)c2ccccc21. The van der Waals surface area contributed by atoms with Crippen LogP contribution in [0, 0.1) is 0 Å². The van der Waals surface area contributed by atoms with Gasteiger partial charge in [0.05, 0.1) is 0 Å². The van der Waals surface area contributed by atoms with Crippen molar-refractivity contribution in [1.82, 2.24) is 19.7 Å². The molecule has 6 nitrogen and oxygen atoms in total. The van der Waals surface area contributed by atoms with E-state index < -0.39 is 0 Å². The standard InChI is InChI=1S/C31H36N4O2S/c1-33(2)19-20-35-27-13-7-6-12-25(27)26(22-28-24(15-21-38-28)23-10-4-3-5-11-23)30(35)31(37)32-16-9-18-34-17-8-14-29(34)36/h3-7,10-13,15,21H,8-9,14,16-20,22H2,1-2H3,(H,32,37). The van der Waals surface area contributed by atoms with E-state index in [4.69, 9.17) is 0 Å². The van der Waals surface area contributed by atoms with Gasteiger partial charge in [0.25, 0.3) is 5.91 Å². The zero-order valence-electron chi connectivity index (χ0n) is 22.3. The fraction of sp³-hybridized carbons (Fsp3) is 0.355. The Bertz CT molecular complexity index is 1410. The minimum absolute atomic E-state index is 0.0412. The van der Waals surface area contributed by atoms with Crippen molar-refractivity contribution in [3.8, 4) is 11.1 Å². The van der Waals surface area contributed by atoms with Gasteiger partial charge in [0.2, 0.25) is 5.91 Å². The van der Waals surface area contributed by atoms with Crippen molar-refractivity contribution in [1.29, 1.82) is 0 Å². The van der Waals surface area contributed by atoms with Gasteiger partial charge in [-0.05, 0) is 61.1 Å². The number of rotatable bonds is 11. The molecule has 2 aromatic heterocycles. The van der Waals surface area contributed by atoms with Crippen LogP contribution < -0.4 is 5.32 Å². The molecule has 7 heteroatoms. The van der Waals surface area contributed by atoms with E-state index in [0.717, 1.165) is 54.6 Å². The van der Waals surface area contributed by atoms with Gasteiger partial charge in [0, 0.05) is 61.3 Å². The maximum absolute atomic E-state index is 13.8. The first kappa shape index (κ1) is 26.2. The van der Waals surface area contributed by atoms with Gasteiger partial charge in [-0.1, -0.05) is 48.5 Å². The van der Waals surface area contributed by atoms with Gasteiger partial charge < -0.3 is 19.7 Å². The van der Waals surface area contributed by atoms with Gasteiger partial charge in [-0.3, -0.25) is 9.59 Å². The molecule has 0 radical (unpaired) electrons. The molecule has 0 saturated carbocycles. The van der Waals surface area contributed by atoms with Crippen LogP contribution >= 0.6 is 11.3 Å². The minimum Gasteiger partial charge on any atom is -0.351 e. The lowest BCUT2D eigenvalue weighted by Crippen LogP contribution is -2.32. The van der Waals surface area contributed by atoms with Crippen LogP contribution in [0.4, 0.5) is 0 Å². The van der Waals surface area contributed by atoms with Gasteiger partial charge >= 0.3 is 0 Å². The van der Waals surface area contributed by atoms with E-state index in [1.165, 1.54) is 16.0 Å². The summed E-state index contributed by atoms with van der Waals surface area (Å²) in [6, 6.07) is 21.0. The molecule has 0 spiro atoms. The van der Waals surface area contributed by atoms with Crippen molar-refractivity contribution in [3.63, 3.8) is 0 Å². The fourth-order valence-electron chi connectivity index (χ4n) is 5.35. The van der Waals surface area contributed by atoms with E-state index in [-0.39, 0.29) is 11.8 Å². The topological polar surface area (TPSA) is 57.6 Å². The maximum atomic E-state index is 13.8. The number of para-hydroxylation sites is 1. The number of nitrogens with one attached hydrogen (secondary N) is 1. The van der Waals surface area contributed by atoms with Crippen LogP contribution in [0.1, 0.15) is 40.2 Å². The molecule has 198 valence electrons. The third-order valence-corrected chi connectivity index (χ3v) is 8.21. The van der Waals surface area contributed by atoms with E-state index >= 15 is 0 Å². The van der Waals surface area contributed by atoms with Crippen LogP contribution in [0.15, 0.2) is 66.0 Å².